The van der Waals surface area contributed by atoms with Gasteiger partial charge in [-0.1, -0.05) is 31.5 Å². The highest BCUT2D eigenvalue weighted by Gasteiger charge is 2.32. The first kappa shape index (κ1) is 48.5. The number of carbonyl (C=O) groups is 4. The molecular weight excluding hydrogens is 767 g/mol. The van der Waals surface area contributed by atoms with Gasteiger partial charge in [-0.05, 0) is 98.9 Å². The van der Waals surface area contributed by atoms with Crippen LogP contribution in [0, 0.1) is 40.5 Å². The van der Waals surface area contributed by atoms with Crippen molar-refractivity contribution in [1.82, 2.24) is 30.2 Å². The Morgan fingerprint density at radius 3 is 1.67 bits per heavy atom. The van der Waals surface area contributed by atoms with Crippen LogP contribution in [0.3, 0.4) is 0 Å². The average molecular weight is 833 g/mol. The Morgan fingerprint density at radius 1 is 0.724 bits per heavy atom. The molecule has 2 unspecified atom stereocenters. The van der Waals surface area contributed by atoms with Crippen molar-refractivity contribution < 1.29 is 47.9 Å². The smallest absolute Gasteiger partial charge is 0.480 e. The summed E-state index contributed by atoms with van der Waals surface area (Å²) in [6.07, 6.45) is 0.194. The van der Waals surface area contributed by atoms with Crippen molar-refractivity contribution in [3.8, 4) is 16.9 Å². The van der Waals surface area contributed by atoms with Crippen molar-refractivity contribution in [2.45, 2.75) is 73.4 Å². The maximum absolute atomic E-state index is 13.2. The molecule has 0 spiro atoms. The van der Waals surface area contributed by atoms with E-state index in [4.69, 9.17) is 9.05 Å². The molecule has 17 heteroatoms. The molecule has 1 fully saturated rings. The number of carboxylic acids is 2. The molecule has 3 atom stereocenters. The second-order valence-corrected chi connectivity index (χ2v) is 17.0. The molecule has 1 aliphatic heterocycles. The molecule has 58 heavy (non-hydrogen) atoms. The Balaban J connectivity index is 1.77. The van der Waals surface area contributed by atoms with Crippen molar-refractivity contribution in [1.29, 1.82) is 0 Å². The van der Waals surface area contributed by atoms with E-state index in [-0.39, 0.29) is 69.1 Å². The average Bonchev–Trinajstić information content (AvgIpc) is 3.12. The van der Waals surface area contributed by atoms with Crippen LogP contribution in [-0.2, 0) is 28.3 Å². The minimum absolute atomic E-state index is 0.0325. The monoisotopic (exact) mass is 832 g/mol. The first-order chi connectivity index (χ1) is 27.3. The summed E-state index contributed by atoms with van der Waals surface area (Å²) in [5.74, 6) is -2.51. The Bertz CT molecular complexity index is 1730. The lowest BCUT2D eigenvalue weighted by Gasteiger charge is -2.38. The highest BCUT2D eigenvalue weighted by atomic mass is 31.2. The van der Waals surface area contributed by atoms with Gasteiger partial charge in [-0.3, -0.25) is 48.2 Å². The number of phosphoric acid groups is 1. The Labute approximate surface area is 343 Å². The molecule has 5 N–H and O–H groups in total. The van der Waals surface area contributed by atoms with E-state index in [2.05, 4.69) is 43.5 Å². The van der Waals surface area contributed by atoms with Crippen LogP contribution in [0.1, 0.15) is 54.5 Å². The van der Waals surface area contributed by atoms with E-state index < -0.39 is 31.8 Å². The first-order valence-electron chi connectivity index (χ1n) is 19.9. The topological polar surface area (TPSA) is 202 Å². The molecule has 2 aromatic rings. The third kappa shape index (κ3) is 14.4. The van der Waals surface area contributed by atoms with Crippen LogP contribution in [0.15, 0.2) is 24.3 Å². The number of amides is 2. The van der Waals surface area contributed by atoms with Crippen molar-refractivity contribution >= 4 is 31.6 Å². The molecule has 1 heterocycles. The normalized spacial score (nSPS) is 17.7. The van der Waals surface area contributed by atoms with E-state index in [1.54, 1.807) is 17.9 Å². The van der Waals surface area contributed by atoms with Gasteiger partial charge in [-0.2, -0.15) is 0 Å². The van der Waals surface area contributed by atoms with Crippen molar-refractivity contribution in [3.05, 3.63) is 52.1 Å². The lowest BCUT2D eigenvalue weighted by Crippen LogP contribution is -2.54. The van der Waals surface area contributed by atoms with Gasteiger partial charge < -0.3 is 25.4 Å². The highest BCUT2D eigenvalue weighted by molar-refractivity contribution is 7.47. The van der Waals surface area contributed by atoms with E-state index in [0.29, 0.717) is 44.8 Å². The molecule has 0 radical (unpaired) electrons. The van der Waals surface area contributed by atoms with Crippen LogP contribution in [0.4, 0.5) is 0 Å². The zero-order chi connectivity index (χ0) is 43.3. The molecule has 0 bridgehead atoms. The Hall–Kier alpha value is -3.89. The first-order valence-corrected chi connectivity index (χ1v) is 21.4. The van der Waals surface area contributed by atoms with E-state index >= 15 is 0 Å². The number of hydrogen-bond donors (Lipinski definition) is 5. The van der Waals surface area contributed by atoms with Gasteiger partial charge in [0.15, 0.2) is 0 Å². The van der Waals surface area contributed by atoms with E-state index in [0.717, 1.165) is 27.8 Å². The van der Waals surface area contributed by atoms with Crippen molar-refractivity contribution in [3.63, 3.8) is 0 Å². The third-order valence-electron chi connectivity index (χ3n) is 10.7. The molecule has 16 nitrogen and oxygen atoms in total. The van der Waals surface area contributed by atoms with Gasteiger partial charge in [0.05, 0.1) is 19.7 Å². The number of carbonyl (C=O) groups excluding carboxylic acids is 2. The van der Waals surface area contributed by atoms with E-state index in [9.17, 15) is 38.8 Å². The number of benzene rings is 2. The van der Waals surface area contributed by atoms with Crippen LogP contribution in [0.2, 0.25) is 0 Å². The van der Waals surface area contributed by atoms with Crippen LogP contribution in [-0.4, -0.2) is 157 Å². The maximum Gasteiger partial charge on any atom is 0.527 e. The van der Waals surface area contributed by atoms with Gasteiger partial charge in [0.1, 0.15) is 17.8 Å². The molecule has 3 rings (SSSR count). The molecular formula is C41H65N6O10P. The zero-order valence-corrected chi connectivity index (χ0v) is 36.6. The summed E-state index contributed by atoms with van der Waals surface area (Å²) in [6, 6.07) is 6.10. The quantitative estimate of drug-likeness (QED) is 0.115. The van der Waals surface area contributed by atoms with E-state index in [1.807, 2.05) is 41.5 Å². The number of aliphatic carboxylic acids is 2. The summed E-state index contributed by atoms with van der Waals surface area (Å²) >= 11 is 0. The SMILES string of the molecule is CNC(=O)CN1CCN(C(C(=O)O)C(C)C)CCN(CC(=O)NC)CCN([C@H](CCCOP(=O)(O)Oc2cc(C)c(-c3c(C)cc(C)cc3C)cc2C)C(=O)O)CC1. The maximum atomic E-state index is 13.2. The van der Waals surface area contributed by atoms with Crippen LogP contribution >= 0.6 is 7.82 Å². The van der Waals surface area contributed by atoms with Crippen LogP contribution in [0.25, 0.3) is 11.1 Å². The number of rotatable bonds is 17. The number of phosphoric ester groups is 1. The van der Waals surface area contributed by atoms with Gasteiger partial charge in [-0.15, -0.1) is 0 Å². The molecule has 2 amide bonds. The molecule has 324 valence electrons. The largest absolute Gasteiger partial charge is 0.527 e. The second kappa shape index (κ2) is 22.5. The van der Waals surface area contributed by atoms with Gasteiger partial charge in [-0.25, -0.2) is 4.57 Å². The molecule has 0 aliphatic carbocycles. The van der Waals surface area contributed by atoms with E-state index in [1.165, 1.54) is 19.7 Å². The van der Waals surface area contributed by atoms with Gasteiger partial charge in [0.2, 0.25) is 11.8 Å². The Kier molecular flexibility index (Phi) is 18.8. The van der Waals surface area contributed by atoms with Crippen molar-refractivity contribution in [2.75, 3.05) is 86.1 Å². The summed E-state index contributed by atoms with van der Waals surface area (Å²) in [4.78, 5) is 68.3. The van der Waals surface area contributed by atoms with Gasteiger partial charge in [0.25, 0.3) is 0 Å². The molecule has 0 saturated carbocycles. The minimum Gasteiger partial charge on any atom is -0.480 e. The third-order valence-corrected chi connectivity index (χ3v) is 11.6. The number of nitrogens with zero attached hydrogens (tertiary/aromatic N) is 4. The molecule has 1 aliphatic rings. The summed E-state index contributed by atoms with van der Waals surface area (Å²) < 4.78 is 24.0. The molecule has 0 aromatic heterocycles. The summed E-state index contributed by atoms with van der Waals surface area (Å²) in [6.45, 7) is 15.8. The standard InChI is InChI=1S/C41H65N6O10P/c1-27(2)39(41(52)53)47-18-14-44(25-36(48)42-8)12-16-46(17-13-45(15-19-47)26-37(49)43-9)34(40(50)51)11-10-20-56-58(54,55)57-35-24-29(4)33(23-30(35)5)38-31(6)21-28(3)22-32(38)7/h21-24,27,34,39H,10-20,25-26H2,1-9H3,(H,42,48)(H,43,49)(H,50,51)(H,52,53)(H,54,55)/t34-,39?/m1/s1. The lowest BCUT2D eigenvalue weighted by molar-refractivity contribution is -0.145. The van der Waals surface area contributed by atoms with Gasteiger partial charge in [0, 0.05) is 66.5 Å². The predicted molar refractivity (Wildman–Crippen MR) is 223 cm³/mol. The fraction of sp³-hybridized carbons (Fsp3) is 0.610. The van der Waals surface area contributed by atoms with Gasteiger partial charge >= 0.3 is 19.8 Å². The number of likely N-dealkylation sites (N-methyl/N-ethyl adjacent to an activating group) is 2. The minimum atomic E-state index is -4.59. The summed E-state index contributed by atoms with van der Waals surface area (Å²) in [5.41, 5.74) is 7.05. The number of hydrogen-bond acceptors (Lipinski definition) is 11. The summed E-state index contributed by atoms with van der Waals surface area (Å²) in [7, 11) is -1.53. The summed E-state index contributed by atoms with van der Waals surface area (Å²) in [5, 5.41) is 25.8. The highest BCUT2D eigenvalue weighted by Crippen LogP contribution is 2.46. The lowest BCUT2D eigenvalue weighted by atomic mass is 9.90. The number of nitrogens with one attached hydrogen (secondary N) is 2. The second-order valence-electron chi connectivity index (χ2n) is 15.6. The Morgan fingerprint density at radius 2 is 1.22 bits per heavy atom. The molecule has 1 saturated heterocycles. The fourth-order valence-corrected chi connectivity index (χ4v) is 8.55. The van der Waals surface area contributed by atoms with Crippen molar-refractivity contribution in [2.24, 2.45) is 5.92 Å². The van der Waals surface area contributed by atoms with Crippen LogP contribution < -0.4 is 15.2 Å². The number of aryl methyl sites for hydroxylation is 5. The molecule has 2 aromatic carbocycles. The number of carboxylic acid groups (broad SMARTS) is 2. The predicted octanol–water partition coefficient (Wildman–Crippen LogP) is 3.45. The van der Waals surface area contributed by atoms with Crippen LogP contribution in [0.5, 0.6) is 5.75 Å². The fourth-order valence-electron chi connectivity index (χ4n) is 7.69. The zero-order valence-electron chi connectivity index (χ0n) is 35.7.